The van der Waals surface area contributed by atoms with Gasteiger partial charge in [0, 0.05) is 18.9 Å². The number of nitrogens with zero attached hydrogens (tertiary/aromatic N) is 1. The monoisotopic (exact) mass is 206 g/mol. The van der Waals surface area contributed by atoms with Crippen LogP contribution >= 0.6 is 0 Å². The van der Waals surface area contributed by atoms with E-state index in [1.807, 2.05) is 6.08 Å². The minimum atomic E-state index is -0.354. The van der Waals surface area contributed by atoms with Gasteiger partial charge in [0.1, 0.15) is 0 Å². The molecule has 80 valence electrons. The average Bonchev–Trinajstić information content (AvgIpc) is 2.27. The molecular weight excluding hydrogens is 192 g/mol. The Balaban J connectivity index is 2.82. The van der Waals surface area contributed by atoms with Gasteiger partial charge in [-0.15, -0.1) is 0 Å². The predicted octanol–water partition coefficient (Wildman–Crippen LogP) is 1.23. The van der Waals surface area contributed by atoms with Gasteiger partial charge in [0.25, 0.3) is 0 Å². The molecule has 0 bridgehead atoms. The first-order valence-corrected chi connectivity index (χ1v) is 4.76. The van der Waals surface area contributed by atoms with E-state index in [1.165, 1.54) is 6.20 Å². The van der Waals surface area contributed by atoms with Crippen molar-refractivity contribution in [3.8, 4) is 0 Å². The highest BCUT2D eigenvalue weighted by Gasteiger charge is 2.06. The maximum absolute atomic E-state index is 11.4. The molecule has 0 saturated carbocycles. The standard InChI is InChI=1S/C11H14N2O2/c1-2-15-11(14)10-6-9(4-3-5-12)7-13-8-10/h3-4,6-8H,2,5,12H2,1H3/b4-3+. The van der Waals surface area contributed by atoms with Gasteiger partial charge in [0.05, 0.1) is 12.2 Å². The topological polar surface area (TPSA) is 65.2 Å². The quantitative estimate of drug-likeness (QED) is 0.752. The summed E-state index contributed by atoms with van der Waals surface area (Å²) < 4.78 is 4.86. The molecule has 0 aromatic carbocycles. The van der Waals surface area contributed by atoms with Crippen molar-refractivity contribution in [2.75, 3.05) is 13.2 Å². The molecule has 4 heteroatoms. The van der Waals surface area contributed by atoms with Crippen molar-refractivity contribution >= 4 is 12.0 Å². The Morgan fingerprint density at radius 2 is 2.40 bits per heavy atom. The number of carbonyl (C=O) groups is 1. The highest BCUT2D eigenvalue weighted by Crippen LogP contribution is 2.06. The van der Waals surface area contributed by atoms with Crippen LogP contribution in [0.4, 0.5) is 0 Å². The van der Waals surface area contributed by atoms with Crippen LogP contribution in [-0.2, 0) is 4.74 Å². The van der Waals surface area contributed by atoms with Crippen LogP contribution in [-0.4, -0.2) is 24.1 Å². The van der Waals surface area contributed by atoms with Crippen LogP contribution in [0.1, 0.15) is 22.8 Å². The van der Waals surface area contributed by atoms with Gasteiger partial charge in [-0.25, -0.2) is 4.79 Å². The molecule has 0 atom stereocenters. The minimum absolute atomic E-state index is 0.354. The molecule has 0 unspecified atom stereocenters. The van der Waals surface area contributed by atoms with Crippen LogP contribution in [0.3, 0.4) is 0 Å². The van der Waals surface area contributed by atoms with Crippen molar-refractivity contribution in [2.45, 2.75) is 6.92 Å². The molecule has 0 spiro atoms. The Morgan fingerprint density at radius 3 is 3.07 bits per heavy atom. The average molecular weight is 206 g/mol. The molecule has 0 aliphatic rings. The summed E-state index contributed by atoms with van der Waals surface area (Å²) in [5, 5.41) is 0. The third-order valence-electron chi connectivity index (χ3n) is 1.72. The van der Waals surface area contributed by atoms with Crippen molar-refractivity contribution in [3.05, 3.63) is 35.7 Å². The summed E-state index contributed by atoms with van der Waals surface area (Å²) in [7, 11) is 0. The molecule has 2 N–H and O–H groups in total. The molecule has 0 aliphatic carbocycles. The molecule has 1 aromatic heterocycles. The van der Waals surface area contributed by atoms with Gasteiger partial charge in [-0.1, -0.05) is 12.2 Å². The van der Waals surface area contributed by atoms with Gasteiger partial charge in [0.15, 0.2) is 0 Å². The fourth-order valence-electron chi connectivity index (χ4n) is 1.08. The molecule has 0 saturated heterocycles. The van der Waals surface area contributed by atoms with Crippen LogP contribution < -0.4 is 5.73 Å². The number of aromatic nitrogens is 1. The number of hydrogen-bond acceptors (Lipinski definition) is 4. The molecule has 1 rings (SSSR count). The largest absolute Gasteiger partial charge is 0.462 e. The van der Waals surface area contributed by atoms with Gasteiger partial charge < -0.3 is 10.5 Å². The number of carbonyl (C=O) groups excluding carboxylic acids is 1. The third-order valence-corrected chi connectivity index (χ3v) is 1.72. The summed E-state index contributed by atoms with van der Waals surface area (Å²) in [5.74, 6) is -0.354. The van der Waals surface area contributed by atoms with Crippen LogP contribution in [0.25, 0.3) is 6.08 Å². The summed E-state index contributed by atoms with van der Waals surface area (Å²) in [6.45, 7) is 2.59. The van der Waals surface area contributed by atoms with Crippen LogP contribution in [0.2, 0.25) is 0 Å². The number of esters is 1. The van der Waals surface area contributed by atoms with Crippen LogP contribution in [0.5, 0.6) is 0 Å². The van der Waals surface area contributed by atoms with Crippen molar-refractivity contribution in [3.63, 3.8) is 0 Å². The summed E-state index contributed by atoms with van der Waals surface area (Å²) >= 11 is 0. The smallest absolute Gasteiger partial charge is 0.339 e. The SMILES string of the molecule is CCOC(=O)c1cncc(/C=C/CN)c1. The summed E-state index contributed by atoms with van der Waals surface area (Å²) in [6, 6.07) is 1.72. The number of ether oxygens (including phenoxy) is 1. The van der Waals surface area contributed by atoms with E-state index in [1.54, 1.807) is 25.3 Å². The Labute approximate surface area is 88.8 Å². The second kappa shape index (κ2) is 5.93. The molecule has 15 heavy (non-hydrogen) atoms. The summed E-state index contributed by atoms with van der Waals surface area (Å²) in [4.78, 5) is 15.3. The first kappa shape index (κ1) is 11.4. The summed E-state index contributed by atoms with van der Waals surface area (Å²) in [5.41, 5.74) is 6.62. The predicted molar refractivity (Wildman–Crippen MR) is 58.3 cm³/mol. The van der Waals surface area contributed by atoms with Crippen molar-refractivity contribution in [1.29, 1.82) is 0 Å². The molecule has 0 radical (unpaired) electrons. The molecule has 0 amide bonds. The lowest BCUT2D eigenvalue weighted by atomic mass is 10.2. The number of pyridine rings is 1. The fourth-order valence-corrected chi connectivity index (χ4v) is 1.08. The normalized spacial score (nSPS) is 10.5. The fraction of sp³-hybridized carbons (Fsp3) is 0.273. The second-order valence-electron chi connectivity index (χ2n) is 2.87. The van der Waals surface area contributed by atoms with E-state index in [4.69, 9.17) is 10.5 Å². The number of rotatable bonds is 4. The van der Waals surface area contributed by atoms with E-state index in [9.17, 15) is 4.79 Å². The zero-order valence-electron chi connectivity index (χ0n) is 8.64. The maximum Gasteiger partial charge on any atom is 0.339 e. The van der Waals surface area contributed by atoms with E-state index in [2.05, 4.69) is 4.98 Å². The van der Waals surface area contributed by atoms with E-state index in [0.29, 0.717) is 18.7 Å². The molecule has 1 aromatic rings. The zero-order chi connectivity index (χ0) is 11.1. The second-order valence-corrected chi connectivity index (χ2v) is 2.87. The lowest BCUT2D eigenvalue weighted by molar-refractivity contribution is 0.0526. The lowest BCUT2D eigenvalue weighted by Gasteiger charge is -2.01. The third kappa shape index (κ3) is 3.52. The van der Waals surface area contributed by atoms with Crippen LogP contribution in [0.15, 0.2) is 24.5 Å². The molecule has 4 nitrogen and oxygen atoms in total. The van der Waals surface area contributed by atoms with E-state index in [-0.39, 0.29) is 5.97 Å². The Morgan fingerprint density at radius 1 is 1.60 bits per heavy atom. The van der Waals surface area contributed by atoms with Gasteiger partial charge >= 0.3 is 5.97 Å². The summed E-state index contributed by atoms with van der Waals surface area (Å²) in [6.07, 6.45) is 6.76. The number of hydrogen-bond donors (Lipinski definition) is 1. The molecule has 0 fully saturated rings. The Hall–Kier alpha value is -1.68. The van der Waals surface area contributed by atoms with Crippen molar-refractivity contribution in [2.24, 2.45) is 5.73 Å². The van der Waals surface area contributed by atoms with E-state index in [0.717, 1.165) is 5.56 Å². The van der Waals surface area contributed by atoms with Gasteiger partial charge in [-0.05, 0) is 18.6 Å². The number of nitrogens with two attached hydrogens (primary N) is 1. The Bertz CT molecular complexity index is 361. The zero-order valence-corrected chi connectivity index (χ0v) is 8.64. The Kier molecular flexibility index (Phi) is 4.50. The van der Waals surface area contributed by atoms with Gasteiger partial charge in [-0.3, -0.25) is 4.98 Å². The van der Waals surface area contributed by atoms with Gasteiger partial charge in [-0.2, -0.15) is 0 Å². The minimum Gasteiger partial charge on any atom is -0.462 e. The van der Waals surface area contributed by atoms with E-state index < -0.39 is 0 Å². The van der Waals surface area contributed by atoms with Crippen LogP contribution in [0, 0.1) is 0 Å². The molecule has 0 aliphatic heterocycles. The molecule has 1 heterocycles. The highest BCUT2D eigenvalue weighted by molar-refractivity contribution is 5.89. The van der Waals surface area contributed by atoms with E-state index >= 15 is 0 Å². The van der Waals surface area contributed by atoms with Crippen molar-refractivity contribution in [1.82, 2.24) is 4.98 Å². The van der Waals surface area contributed by atoms with Crippen molar-refractivity contribution < 1.29 is 9.53 Å². The lowest BCUT2D eigenvalue weighted by Crippen LogP contribution is -2.05. The maximum atomic E-state index is 11.4. The first-order chi connectivity index (χ1) is 7.27. The molecular formula is C11H14N2O2. The first-order valence-electron chi connectivity index (χ1n) is 4.76. The van der Waals surface area contributed by atoms with Gasteiger partial charge in [0.2, 0.25) is 0 Å². The highest BCUT2D eigenvalue weighted by atomic mass is 16.5.